The molecule has 0 radical (unpaired) electrons. The van der Waals surface area contributed by atoms with Crippen molar-refractivity contribution in [2.45, 2.75) is 12.5 Å². The number of nitrogens with zero attached hydrogens (tertiary/aromatic N) is 1. The summed E-state index contributed by atoms with van der Waals surface area (Å²) in [5.41, 5.74) is 7.26. The van der Waals surface area contributed by atoms with E-state index in [1.807, 2.05) is 23.6 Å². The predicted octanol–water partition coefficient (Wildman–Crippen LogP) is 3.04. The lowest BCUT2D eigenvalue weighted by molar-refractivity contribution is 0.736. The first-order chi connectivity index (χ1) is 7.27. The van der Waals surface area contributed by atoms with E-state index in [0.29, 0.717) is 0 Å². The van der Waals surface area contributed by atoms with Crippen molar-refractivity contribution in [3.8, 4) is 0 Å². The Kier molecular flexibility index (Phi) is 3.36. The van der Waals surface area contributed by atoms with Crippen LogP contribution in [-0.2, 0) is 6.42 Å². The second kappa shape index (κ2) is 4.75. The summed E-state index contributed by atoms with van der Waals surface area (Å²) in [6, 6.07) is 5.80. The molecular weight excluding hydrogens is 228 g/mol. The van der Waals surface area contributed by atoms with Crippen LogP contribution in [0.1, 0.15) is 16.5 Å². The molecule has 0 fully saturated rings. The molecule has 0 aliphatic rings. The Hall–Kier alpha value is -0.900. The Morgan fingerprint density at radius 3 is 2.67 bits per heavy atom. The van der Waals surface area contributed by atoms with E-state index in [2.05, 4.69) is 4.98 Å². The minimum Gasteiger partial charge on any atom is -0.323 e. The average molecular weight is 239 g/mol. The number of halogens is 1. The van der Waals surface area contributed by atoms with Crippen LogP contribution in [0.3, 0.4) is 0 Å². The zero-order chi connectivity index (χ0) is 10.7. The molecule has 0 aliphatic heterocycles. The van der Waals surface area contributed by atoms with E-state index in [4.69, 9.17) is 17.3 Å². The number of nitrogens with two attached hydrogens (primary N) is 1. The van der Waals surface area contributed by atoms with Gasteiger partial charge in [0.05, 0.1) is 5.02 Å². The molecule has 2 aromatic rings. The third-order valence-corrected chi connectivity index (χ3v) is 3.68. The normalized spacial score (nSPS) is 12.7. The maximum Gasteiger partial charge on any atom is 0.0561 e. The average Bonchev–Trinajstić information content (AvgIpc) is 2.66. The molecule has 0 bridgehead atoms. The van der Waals surface area contributed by atoms with Crippen LogP contribution in [0.2, 0.25) is 5.02 Å². The van der Waals surface area contributed by atoms with E-state index < -0.39 is 0 Å². The summed E-state index contributed by atoms with van der Waals surface area (Å²) in [6.45, 7) is 0. The standard InChI is InChI=1S/C11H11ClN2S/c12-9-3-6-15-11(9)10(13)7-8-1-4-14-5-2-8/h1-6,10H,7,13H2. The van der Waals surface area contributed by atoms with Crippen molar-refractivity contribution in [1.82, 2.24) is 4.98 Å². The maximum atomic E-state index is 6.08. The van der Waals surface area contributed by atoms with Gasteiger partial charge in [-0.3, -0.25) is 4.98 Å². The third kappa shape index (κ3) is 2.56. The first-order valence-corrected chi connectivity index (χ1v) is 5.90. The van der Waals surface area contributed by atoms with Crippen molar-refractivity contribution in [2.75, 3.05) is 0 Å². The molecule has 1 unspecified atom stereocenters. The van der Waals surface area contributed by atoms with Crippen LogP contribution < -0.4 is 5.73 Å². The summed E-state index contributed by atoms with van der Waals surface area (Å²) in [5.74, 6) is 0. The zero-order valence-electron chi connectivity index (χ0n) is 8.06. The van der Waals surface area contributed by atoms with E-state index in [1.165, 1.54) is 5.56 Å². The molecule has 78 valence electrons. The first kappa shape index (κ1) is 10.6. The van der Waals surface area contributed by atoms with Crippen LogP contribution in [0.25, 0.3) is 0 Å². The Bertz CT molecular complexity index is 427. The Morgan fingerprint density at radius 1 is 1.33 bits per heavy atom. The maximum absolute atomic E-state index is 6.08. The summed E-state index contributed by atoms with van der Waals surface area (Å²) in [4.78, 5) is 5.02. The molecule has 0 spiro atoms. The highest BCUT2D eigenvalue weighted by Crippen LogP contribution is 2.28. The highest BCUT2D eigenvalue weighted by atomic mass is 35.5. The van der Waals surface area contributed by atoms with E-state index in [-0.39, 0.29) is 6.04 Å². The minimum atomic E-state index is -0.0279. The summed E-state index contributed by atoms with van der Waals surface area (Å²) < 4.78 is 0. The summed E-state index contributed by atoms with van der Waals surface area (Å²) >= 11 is 7.62. The molecule has 0 saturated carbocycles. The Morgan fingerprint density at radius 2 is 2.07 bits per heavy atom. The number of pyridine rings is 1. The highest BCUT2D eigenvalue weighted by Gasteiger charge is 2.11. The van der Waals surface area contributed by atoms with Gasteiger partial charge in [-0.15, -0.1) is 11.3 Å². The fourth-order valence-electron chi connectivity index (χ4n) is 1.44. The molecule has 2 aromatic heterocycles. The smallest absolute Gasteiger partial charge is 0.0561 e. The van der Waals surface area contributed by atoms with E-state index >= 15 is 0 Å². The molecule has 2 rings (SSSR count). The molecule has 4 heteroatoms. The van der Waals surface area contributed by atoms with Crippen LogP contribution in [0.5, 0.6) is 0 Å². The van der Waals surface area contributed by atoms with Crippen LogP contribution >= 0.6 is 22.9 Å². The van der Waals surface area contributed by atoms with Crippen LogP contribution in [0, 0.1) is 0 Å². The molecular formula is C11H11ClN2S. The third-order valence-electron chi connectivity index (χ3n) is 2.19. The summed E-state index contributed by atoms with van der Waals surface area (Å²) in [5, 5.41) is 2.73. The molecule has 2 N–H and O–H groups in total. The second-order valence-electron chi connectivity index (χ2n) is 3.30. The topological polar surface area (TPSA) is 38.9 Å². The molecule has 0 amide bonds. The minimum absolute atomic E-state index is 0.0279. The van der Waals surface area contributed by atoms with Gasteiger partial charge in [0.1, 0.15) is 0 Å². The number of aromatic nitrogens is 1. The fraction of sp³-hybridized carbons (Fsp3) is 0.182. The van der Waals surface area contributed by atoms with Crippen LogP contribution in [0.4, 0.5) is 0 Å². The van der Waals surface area contributed by atoms with Gasteiger partial charge in [0.2, 0.25) is 0 Å². The summed E-state index contributed by atoms with van der Waals surface area (Å²) in [7, 11) is 0. The van der Waals surface area contributed by atoms with Crippen molar-refractivity contribution >= 4 is 22.9 Å². The van der Waals surface area contributed by atoms with Crippen molar-refractivity contribution in [3.05, 3.63) is 51.4 Å². The van der Waals surface area contributed by atoms with Crippen molar-refractivity contribution in [2.24, 2.45) is 5.73 Å². The molecule has 2 nitrogen and oxygen atoms in total. The lowest BCUT2D eigenvalue weighted by Crippen LogP contribution is -2.12. The van der Waals surface area contributed by atoms with Gasteiger partial charge in [-0.2, -0.15) is 0 Å². The SMILES string of the molecule is NC(Cc1ccncc1)c1sccc1Cl. The largest absolute Gasteiger partial charge is 0.323 e. The Labute approximate surface area is 97.7 Å². The van der Waals surface area contributed by atoms with Crippen LogP contribution in [-0.4, -0.2) is 4.98 Å². The molecule has 1 atom stereocenters. The quantitative estimate of drug-likeness (QED) is 0.893. The van der Waals surface area contributed by atoms with Crippen molar-refractivity contribution < 1.29 is 0 Å². The number of hydrogen-bond acceptors (Lipinski definition) is 3. The molecule has 0 aromatic carbocycles. The lowest BCUT2D eigenvalue weighted by atomic mass is 10.1. The lowest BCUT2D eigenvalue weighted by Gasteiger charge is -2.09. The van der Waals surface area contributed by atoms with Gasteiger partial charge in [0, 0.05) is 23.3 Å². The van der Waals surface area contributed by atoms with E-state index in [0.717, 1.165) is 16.3 Å². The molecule has 0 saturated heterocycles. The Balaban J connectivity index is 2.11. The molecule has 0 aliphatic carbocycles. The number of rotatable bonds is 3. The predicted molar refractivity (Wildman–Crippen MR) is 64.2 cm³/mol. The van der Waals surface area contributed by atoms with E-state index in [9.17, 15) is 0 Å². The number of hydrogen-bond donors (Lipinski definition) is 1. The van der Waals surface area contributed by atoms with Gasteiger partial charge >= 0.3 is 0 Å². The van der Waals surface area contributed by atoms with Crippen molar-refractivity contribution in [3.63, 3.8) is 0 Å². The number of thiophene rings is 1. The zero-order valence-corrected chi connectivity index (χ0v) is 9.63. The van der Waals surface area contributed by atoms with Crippen LogP contribution in [0.15, 0.2) is 36.0 Å². The van der Waals surface area contributed by atoms with E-state index in [1.54, 1.807) is 23.7 Å². The van der Waals surface area contributed by atoms with Gasteiger partial charge < -0.3 is 5.73 Å². The van der Waals surface area contributed by atoms with Gasteiger partial charge in [-0.25, -0.2) is 0 Å². The fourth-order valence-corrected chi connectivity index (χ4v) is 2.64. The van der Waals surface area contributed by atoms with Gasteiger partial charge in [0.15, 0.2) is 0 Å². The second-order valence-corrected chi connectivity index (χ2v) is 4.65. The first-order valence-electron chi connectivity index (χ1n) is 4.65. The molecule has 2 heterocycles. The van der Waals surface area contributed by atoms with Gasteiger partial charge in [0.25, 0.3) is 0 Å². The molecule has 15 heavy (non-hydrogen) atoms. The van der Waals surface area contributed by atoms with Gasteiger partial charge in [-0.05, 0) is 35.6 Å². The van der Waals surface area contributed by atoms with Gasteiger partial charge in [-0.1, -0.05) is 11.6 Å². The highest BCUT2D eigenvalue weighted by molar-refractivity contribution is 7.10. The summed E-state index contributed by atoms with van der Waals surface area (Å²) in [6.07, 6.45) is 4.35. The van der Waals surface area contributed by atoms with Crippen molar-refractivity contribution in [1.29, 1.82) is 0 Å². The monoisotopic (exact) mass is 238 g/mol.